The number of piperidine rings is 2. The van der Waals surface area contributed by atoms with Crippen LogP contribution in [-0.2, 0) is 6.18 Å². The van der Waals surface area contributed by atoms with E-state index in [1.165, 1.54) is 12.8 Å². The lowest BCUT2D eigenvalue weighted by molar-refractivity contribution is -0.141. The predicted molar refractivity (Wildman–Crippen MR) is 84.8 cm³/mol. The fourth-order valence-corrected chi connectivity index (χ4v) is 3.56. The molecule has 0 spiro atoms. The molecule has 2 saturated heterocycles. The highest BCUT2D eigenvalue weighted by atomic mass is 35.5. The van der Waals surface area contributed by atoms with Gasteiger partial charge in [0.25, 0.3) is 0 Å². The van der Waals surface area contributed by atoms with E-state index in [4.69, 9.17) is 0 Å². The minimum absolute atomic E-state index is 0. The molecule has 1 unspecified atom stereocenters. The molecule has 132 valence electrons. The van der Waals surface area contributed by atoms with Crippen molar-refractivity contribution in [3.05, 3.63) is 17.7 Å². The summed E-state index contributed by atoms with van der Waals surface area (Å²) in [4.78, 5) is 8.85. The fraction of sp³-hybridized carbons (Fsp3) is 0.800. The molecular weight excluding hydrogens is 329 g/mol. The van der Waals surface area contributed by atoms with Crippen LogP contribution in [0.15, 0.2) is 6.20 Å². The van der Waals surface area contributed by atoms with Crippen molar-refractivity contribution in [2.45, 2.75) is 37.8 Å². The van der Waals surface area contributed by atoms with Crippen LogP contribution in [0.2, 0.25) is 0 Å². The molecule has 0 radical (unpaired) electrons. The third-order valence-corrected chi connectivity index (χ3v) is 4.77. The number of H-pyrrole nitrogens is 1. The maximum atomic E-state index is 12.7. The smallest absolute Gasteiger partial charge is 0.338 e. The van der Waals surface area contributed by atoms with Crippen molar-refractivity contribution in [1.29, 1.82) is 0 Å². The summed E-state index contributed by atoms with van der Waals surface area (Å²) in [6.07, 6.45) is 0.904. The number of rotatable bonds is 3. The molecule has 1 aromatic heterocycles. The van der Waals surface area contributed by atoms with E-state index in [0.717, 1.165) is 51.8 Å². The van der Waals surface area contributed by atoms with Gasteiger partial charge in [-0.15, -0.1) is 12.4 Å². The van der Waals surface area contributed by atoms with Gasteiger partial charge in [0.2, 0.25) is 0 Å². The summed E-state index contributed by atoms with van der Waals surface area (Å²) in [7, 11) is 0. The first kappa shape index (κ1) is 18.5. The Morgan fingerprint density at radius 2 is 1.96 bits per heavy atom. The zero-order chi connectivity index (χ0) is 15.6. The molecule has 3 heterocycles. The molecule has 2 fully saturated rings. The number of aromatic amines is 1. The minimum atomic E-state index is -4.34. The predicted octanol–water partition coefficient (Wildman–Crippen LogP) is 3.03. The van der Waals surface area contributed by atoms with Gasteiger partial charge in [0, 0.05) is 19.0 Å². The maximum Gasteiger partial charge on any atom is 0.432 e. The Morgan fingerprint density at radius 1 is 1.22 bits per heavy atom. The fourth-order valence-electron chi connectivity index (χ4n) is 3.56. The number of hydrogen-bond donors (Lipinski definition) is 2. The quantitative estimate of drug-likeness (QED) is 0.878. The molecule has 0 amide bonds. The maximum absolute atomic E-state index is 12.7. The molecule has 0 bridgehead atoms. The summed E-state index contributed by atoms with van der Waals surface area (Å²) in [6.45, 7) is 5.08. The van der Waals surface area contributed by atoms with Crippen molar-refractivity contribution in [2.75, 3.05) is 32.7 Å². The molecule has 8 heteroatoms. The van der Waals surface area contributed by atoms with Crippen molar-refractivity contribution in [3.63, 3.8) is 0 Å². The highest BCUT2D eigenvalue weighted by Crippen LogP contribution is 2.31. The molecule has 0 aliphatic carbocycles. The lowest BCUT2D eigenvalue weighted by Gasteiger charge is -2.35. The zero-order valence-electron chi connectivity index (χ0n) is 13.0. The molecule has 0 aromatic carbocycles. The molecule has 1 aromatic rings. The molecule has 0 saturated carbocycles. The van der Waals surface area contributed by atoms with E-state index in [1.54, 1.807) is 0 Å². The molecular formula is C15H24ClF3N4. The minimum Gasteiger partial charge on any atom is -0.338 e. The van der Waals surface area contributed by atoms with Crippen LogP contribution in [0, 0.1) is 5.92 Å². The number of imidazole rings is 1. The Balaban J connectivity index is 0.00000192. The Bertz CT molecular complexity index is 485. The summed E-state index contributed by atoms with van der Waals surface area (Å²) in [6, 6.07) is 0. The van der Waals surface area contributed by atoms with Gasteiger partial charge < -0.3 is 15.2 Å². The van der Waals surface area contributed by atoms with Crippen molar-refractivity contribution in [2.24, 2.45) is 5.92 Å². The molecule has 3 rings (SSSR count). The summed E-state index contributed by atoms with van der Waals surface area (Å²) < 4.78 is 38.0. The molecule has 23 heavy (non-hydrogen) atoms. The van der Waals surface area contributed by atoms with E-state index in [0.29, 0.717) is 11.7 Å². The average Bonchev–Trinajstić information content (AvgIpc) is 2.99. The Kier molecular flexibility index (Phi) is 6.33. The number of nitrogens with one attached hydrogen (secondary N) is 2. The second kappa shape index (κ2) is 7.85. The number of likely N-dealkylation sites (tertiary alicyclic amines) is 1. The number of aromatic nitrogens is 2. The molecule has 1 atom stereocenters. The van der Waals surface area contributed by atoms with Gasteiger partial charge in [-0.1, -0.05) is 0 Å². The highest BCUT2D eigenvalue weighted by molar-refractivity contribution is 5.85. The zero-order valence-corrected chi connectivity index (χ0v) is 13.8. The Hall–Kier alpha value is -0.790. The Morgan fingerprint density at radius 3 is 2.61 bits per heavy atom. The third-order valence-electron chi connectivity index (χ3n) is 4.77. The monoisotopic (exact) mass is 352 g/mol. The highest BCUT2D eigenvalue weighted by Gasteiger charge is 2.34. The van der Waals surface area contributed by atoms with Crippen LogP contribution in [0.25, 0.3) is 0 Å². The second-order valence-corrected chi connectivity index (χ2v) is 6.47. The van der Waals surface area contributed by atoms with Crippen LogP contribution in [0.5, 0.6) is 0 Å². The second-order valence-electron chi connectivity index (χ2n) is 6.47. The van der Waals surface area contributed by atoms with Crippen LogP contribution >= 0.6 is 12.4 Å². The first-order valence-electron chi connectivity index (χ1n) is 8.07. The van der Waals surface area contributed by atoms with Crippen molar-refractivity contribution >= 4 is 12.4 Å². The van der Waals surface area contributed by atoms with E-state index in [1.807, 2.05) is 0 Å². The number of alkyl halides is 3. The van der Waals surface area contributed by atoms with E-state index in [2.05, 4.69) is 20.2 Å². The van der Waals surface area contributed by atoms with Gasteiger partial charge in [-0.3, -0.25) is 0 Å². The average molecular weight is 353 g/mol. The molecule has 2 aliphatic heterocycles. The number of halogens is 4. The summed E-state index contributed by atoms with van der Waals surface area (Å²) >= 11 is 0. The Labute approximate surface area is 140 Å². The van der Waals surface area contributed by atoms with E-state index >= 15 is 0 Å². The van der Waals surface area contributed by atoms with Gasteiger partial charge in [-0.25, -0.2) is 4.98 Å². The van der Waals surface area contributed by atoms with Gasteiger partial charge in [0.05, 0.1) is 6.20 Å². The summed E-state index contributed by atoms with van der Waals surface area (Å²) in [5, 5.41) is 3.36. The van der Waals surface area contributed by atoms with E-state index in [-0.39, 0.29) is 18.3 Å². The molecule has 2 N–H and O–H groups in total. The summed E-state index contributed by atoms with van der Waals surface area (Å²) in [5.74, 6) is 1.29. The van der Waals surface area contributed by atoms with Gasteiger partial charge in [-0.05, 0) is 51.2 Å². The molecule has 2 aliphatic rings. The third kappa shape index (κ3) is 4.84. The van der Waals surface area contributed by atoms with Gasteiger partial charge in [0.15, 0.2) is 0 Å². The molecule has 4 nitrogen and oxygen atoms in total. The van der Waals surface area contributed by atoms with Crippen LogP contribution < -0.4 is 5.32 Å². The normalized spacial score (nSPS) is 24.4. The van der Waals surface area contributed by atoms with Crippen LogP contribution in [-0.4, -0.2) is 47.6 Å². The van der Waals surface area contributed by atoms with Crippen molar-refractivity contribution in [1.82, 2.24) is 20.2 Å². The van der Waals surface area contributed by atoms with Gasteiger partial charge >= 0.3 is 6.18 Å². The standard InChI is InChI=1S/C15H23F3N4.ClH/c16-15(17,18)13-8-20-14(21-13)12-2-1-7-22(10-12)9-11-3-5-19-6-4-11;/h8,11-12,19H,1-7,9-10H2,(H,20,21);1H. The van der Waals surface area contributed by atoms with E-state index < -0.39 is 11.9 Å². The first-order chi connectivity index (χ1) is 10.5. The summed E-state index contributed by atoms with van der Waals surface area (Å²) in [5.41, 5.74) is -0.738. The lowest BCUT2D eigenvalue weighted by atomic mass is 9.93. The van der Waals surface area contributed by atoms with Gasteiger partial charge in [-0.2, -0.15) is 13.2 Å². The van der Waals surface area contributed by atoms with Crippen LogP contribution in [0.4, 0.5) is 13.2 Å². The number of hydrogen-bond acceptors (Lipinski definition) is 3. The van der Waals surface area contributed by atoms with E-state index in [9.17, 15) is 13.2 Å². The SMILES string of the molecule is Cl.FC(F)(F)c1cnc(C2CCCN(CC3CCNCC3)C2)[nH]1. The lowest BCUT2D eigenvalue weighted by Crippen LogP contribution is -2.40. The van der Waals surface area contributed by atoms with Crippen molar-refractivity contribution in [3.8, 4) is 0 Å². The topological polar surface area (TPSA) is 44.0 Å². The first-order valence-corrected chi connectivity index (χ1v) is 8.07. The van der Waals surface area contributed by atoms with Crippen LogP contribution in [0.1, 0.15) is 43.1 Å². The van der Waals surface area contributed by atoms with Gasteiger partial charge in [0.1, 0.15) is 11.5 Å². The number of nitrogens with zero attached hydrogens (tertiary/aromatic N) is 2. The largest absolute Gasteiger partial charge is 0.432 e. The van der Waals surface area contributed by atoms with Crippen molar-refractivity contribution < 1.29 is 13.2 Å². The van der Waals surface area contributed by atoms with Crippen LogP contribution in [0.3, 0.4) is 0 Å².